The number of furan rings is 1. The minimum Gasteiger partial charge on any atom is -0.467 e. The minimum atomic E-state index is 0.0827. The molecule has 0 aliphatic carbocycles. The molecule has 22 heavy (non-hydrogen) atoms. The fourth-order valence-corrected chi connectivity index (χ4v) is 3.52. The van der Waals surface area contributed by atoms with E-state index in [1.807, 2.05) is 30.9 Å². The Morgan fingerprint density at radius 2 is 2.32 bits per heavy atom. The maximum Gasteiger partial charge on any atom is 0.223 e. The van der Waals surface area contributed by atoms with E-state index in [-0.39, 0.29) is 17.9 Å². The smallest absolute Gasteiger partial charge is 0.223 e. The maximum atomic E-state index is 12.7. The number of rotatable bonds is 4. The predicted octanol–water partition coefficient (Wildman–Crippen LogP) is 3.74. The van der Waals surface area contributed by atoms with Crippen LogP contribution < -0.4 is 0 Å². The van der Waals surface area contributed by atoms with E-state index in [0.717, 1.165) is 42.2 Å². The summed E-state index contributed by atoms with van der Waals surface area (Å²) in [5, 5.41) is 3.98. The van der Waals surface area contributed by atoms with Gasteiger partial charge < -0.3 is 13.8 Å². The van der Waals surface area contributed by atoms with Crippen molar-refractivity contribution in [3.63, 3.8) is 0 Å². The van der Waals surface area contributed by atoms with Crippen molar-refractivity contribution in [3.8, 4) is 0 Å². The highest BCUT2D eigenvalue weighted by Crippen LogP contribution is 2.34. The van der Waals surface area contributed by atoms with Gasteiger partial charge in [0.2, 0.25) is 5.91 Å². The maximum absolute atomic E-state index is 12.7. The number of hydrogen-bond acceptors (Lipinski definition) is 4. The van der Waals surface area contributed by atoms with Crippen LogP contribution in [0.5, 0.6) is 0 Å². The van der Waals surface area contributed by atoms with Crippen molar-refractivity contribution in [1.82, 2.24) is 10.1 Å². The van der Waals surface area contributed by atoms with Crippen molar-refractivity contribution in [2.24, 2.45) is 0 Å². The third-order valence-corrected chi connectivity index (χ3v) is 4.51. The molecule has 1 saturated heterocycles. The highest BCUT2D eigenvalue weighted by Gasteiger charge is 2.32. The zero-order valence-corrected chi connectivity index (χ0v) is 13.3. The van der Waals surface area contributed by atoms with Gasteiger partial charge in [-0.25, -0.2) is 0 Å². The Morgan fingerprint density at radius 3 is 2.95 bits per heavy atom. The van der Waals surface area contributed by atoms with Crippen LogP contribution in [0, 0.1) is 13.8 Å². The summed E-state index contributed by atoms with van der Waals surface area (Å²) >= 11 is 0. The summed E-state index contributed by atoms with van der Waals surface area (Å²) in [6.07, 6.45) is 4.14. The first kappa shape index (κ1) is 14.9. The number of aryl methyl sites for hydroxylation is 2. The average molecular weight is 302 g/mol. The van der Waals surface area contributed by atoms with Gasteiger partial charge in [0.1, 0.15) is 11.5 Å². The van der Waals surface area contributed by atoms with Gasteiger partial charge in [0.25, 0.3) is 0 Å². The van der Waals surface area contributed by atoms with Crippen molar-refractivity contribution >= 4 is 5.91 Å². The number of carbonyl (C=O) groups is 1. The monoisotopic (exact) mass is 302 g/mol. The Labute approximate surface area is 130 Å². The van der Waals surface area contributed by atoms with Gasteiger partial charge in [0.05, 0.1) is 18.0 Å². The summed E-state index contributed by atoms with van der Waals surface area (Å²) in [5.74, 6) is 1.97. The first-order chi connectivity index (χ1) is 10.6. The second-order valence-corrected chi connectivity index (χ2v) is 6.10. The van der Waals surface area contributed by atoms with E-state index < -0.39 is 0 Å². The fraction of sp³-hybridized carbons (Fsp3) is 0.529. The van der Waals surface area contributed by atoms with Gasteiger partial charge in [0.15, 0.2) is 0 Å². The lowest BCUT2D eigenvalue weighted by atomic mass is 9.95. The van der Waals surface area contributed by atoms with E-state index in [4.69, 9.17) is 8.94 Å². The molecule has 0 radical (unpaired) electrons. The molecule has 1 amide bonds. The lowest BCUT2D eigenvalue weighted by Gasteiger charge is -2.24. The number of nitrogens with zero attached hydrogens (tertiary/aromatic N) is 2. The van der Waals surface area contributed by atoms with Crippen LogP contribution in [-0.2, 0) is 4.79 Å². The quantitative estimate of drug-likeness (QED) is 0.863. The molecule has 118 valence electrons. The molecule has 0 saturated carbocycles. The van der Waals surface area contributed by atoms with Gasteiger partial charge in [-0.05, 0) is 44.7 Å². The van der Waals surface area contributed by atoms with E-state index in [1.54, 1.807) is 6.26 Å². The average Bonchev–Trinajstić information content (AvgIpc) is 3.18. The van der Waals surface area contributed by atoms with Crippen LogP contribution >= 0.6 is 0 Å². The molecule has 2 atom stereocenters. The molecule has 0 bridgehead atoms. The summed E-state index contributed by atoms with van der Waals surface area (Å²) in [5.41, 5.74) is 1.93. The van der Waals surface area contributed by atoms with E-state index in [1.165, 1.54) is 0 Å². The molecule has 5 nitrogen and oxygen atoms in total. The van der Waals surface area contributed by atoms with Crippen molar-refractivity contribution < 1.29 is 13.7 Å². The Balaban J connectivity index is 1.71. The van der Waals surface area contributed by atoms with Crippen LogP contribution in [0.15, 0.2) is 27.3 Å². The Hall–Kier alpha value is -2.04. The first-order valence-corrected chi connectivity index (χ1v) is 7.83. The third kappa shape index (κ3) is 2.67. The lowest BCUT2D eigenvalue weighted by Crippen LogP contribution is -2.31. The van der Waals surface area contributed by atoms with Gasteiger partial charge in [-0.2, -0.15) is 0 Å². The van der Waals surface area contributed by atoms with E-state index in [2.05, 4.69) is 12.1 Å². The molecule has 2 unspecified atom stereocenters. The number of aromatic nitrogens is 1. The van der Waals surface area contributed by atoms with Gasteiger partial charge in [0, 0.05) is 18.5 Å². The normalized spacial score (nSPS) is 19.6. The lowest BCUT2D eigenvalue weighted by molar-refractivity contribution is -0.132. The summed E-state index contributed by atoms with van der Waals surface area (Å²) in [6.45, 7) is 6.69. The Morgan fingerprint density at radius 1 is 1.50 bits per heavy atom. The van der Waals surface area contributed by atoms with Crippen molar-refractivity contribution in [2.75, 3.05) is 6.54 Å². The summed E-state index contributed by atoms with van der Waals surface area (Å²) < 4.78 is 10.7. The minimum absolute atomic E-state index is 0.0827. The van der Waals surface area contributed by atoms with E-state index in [9.17, 15) is 4.79 Å². The standard InChI is InChI=1S/C17H22N2O3/c1-11(17-12(2)18-22-13(17)3)10-16(20)19-8-4-6-14(19)15-7-5-9-21-15/h5,7,9,11,14H,4,6,8,10H2,1-3H3. The van der Waals surface area contributed by atoms with Gasteiger partial charge in [-0.15, -0.1) is 0 Å². The van der Waals surface area contributed by atoms with Gasteiger partial charge >= 0.3 is 0 Å². The highest BCUT2D eigenvalue weighted by molar-refractivity contribution is 5.78. The van der Waals surface area contributed by atoms with Crippen molar-refractivity contribution in [3.05, 3.63) is 41.2 Å². The van der Waals surface area contributed by atoms with E-state index in [0.29, 0.717) is 6.42 Å². The molecular formula is C17H22N2O3. The first-order valence-electron chi connectivity index (χ1n) is 7.83. The number of carbonyl (C=O) groups excluding carboxylic acids is 1. The zero-order chi connectivity index (χ0) is 15.7. The number of likely N-dealkylation sites (tertiary alicyclic amines) is 1. The van der Waals surface area contributed by atoms with E-state index >= 15 is 0 Å². The predicted molar refractivity (Wildman–Crippen MR) is 81.4 cm³/mol. The second kappa shape index (κ2) is 5.99. The molecule has 1 fully saturated rings. The molecular weight excluding hydrogens is 280 g/mol. The second-order valence-electron chi connectivity index (χ2n) is 6.10. The fourth-order valence-electron chi connectivity index (χ4n) is 3.52. The van der Waals surface area contributed by atoms with Crippen LogP contribution in [0.1, 0.15) is 60.9 Å². The molecule has 5 heteroatoms. The Bertz CT molecular complexity index is 625. The Kier molecular flexibility index (Phi) is 4.05. The topological polar surface area (TPSA) is 59.5 Å². The van der Waals surface area contributed by atoms with Crippen LogP contribution in [0.2, 0.25) is 0 Å². The zero-order valence-electron chi connectivity index (χ0n) is 13.3. The van der Waals surface area contributed by atoms with Gasteiger partial charge in [-0.3, -0.25) is 4.79 Å². The molecule has 2 aromatic heterocycles. The molecule has 3 heterocycles. The largest absolute Gasteiger partial charge is 0.467 e. The molecule has 2 aromatic rings. The molecule has 1 aliphatic rings. The summed E-state index contributed by atoms with van der Waals surface area (Å²) in [4.78, 5) is 14.7. The van der Waals surface area contributed by atoms with Gasteiger partial charge in [-0.1, -0.05) is 12.1 Å². The van der Waals surface area contributed by atoms with Crippen LogP contribution in [0.3, 0.4) is 0 Å². The van der Waals surface area contributed by atoms with Crippen LogP contribution in [0.4, 0.5) is 0 Å². The van der Waals surface area contributed by atoms with Crippen molar-refractivity contribution in [1.29, 1.82) is 0 Å². The molecule has 1 aliphatic heterocycles. The number of hydrogen-bond donors (Lipinski definition) is 0. The SMILES string of the molecule is Cc1noc(C)c1C(C)CC(=O)N1CCCC1c1ccco1. The molecule has 3 rings (SSSR count). The number of amides is 1. The van der Waals surface area contributed by atoms with Crippen LogP contribution in [0.25, 0.3) is 0 Å². The van der Waals surface area contributed by atoms with Crippen molar-refractivity contribution in [2.45, 2.75) is 52.0 Å². The molecule has 0 N–H and O–H groups in total. The highest BCUT2D eigenvalue weighted by atomic mass is 16.5. The van der Waals surface area contributed by atoms with Crippen LogP contribution in [-0.4, -0.2) is 22.5 Å². The summed E-state index contributed by atoms with van der Waals surface area (Å²) in [7, 11) is 0. The summed E-state index contributed by atoms with van der Waals surface area (Å²) in [6, 6.07) is 3.91. The molecule has 0 aromatic carbocycles. The third-order valence-electron chi connectivity index (χ3n) is 4.51. The molecule has 0 spiro atoms.